The Kier molecular flexibility index (Phi) is 4.85. The van der Waals surface area contributed by atoms with Crippen LogP contribution in [0.3, 0.4) is 0 Å². The Balaban J connectivity index is 2.18. The maximum absolute atomic E-state index is 12.5. The highest BCUT2D eigenvalue weighted by molar-refractivity contribution is 9.10. The molecule has 1 aliphatic rings. The van der Waals surface area contributed by atoms with Crippen LogP contribution in [0, 0.1) is 11.8 Å². The number of halogens is 2. The quantitative estimate of drug-likeness (QED) is 0.669. The predicted octanol–water partition coefficient (Wildman–Crippen LogP) is 5.50. The highest BCUT2D eigenvalue weighted by Crippen LogP contribution is 2.35. The summed E-state index contributed by atoms with van der Waals surface area (Å²) >= 11 is 9.59. The van der Waals surface area contributed by atoms with Gasteiger partial charge in [0.1, 0.15) is 0 Å². The Morgan fingerprint density at radius 3 is 2.94 bits per heavy atom. The number of Topliss-reactive ketones (excluding diaryl/α,β-unsaturated/α-hetero) is 1. The largest absolute Gasteiger partial charge is 0.294 e. The Bertz CT molecular complexity index is 444. The van der Waals surface area contributed by atoms with Crippen molar-refractivity contribution in [2.45, 2.75) is 39.0 Å². The van der Waals surface area contributed by atoms with E-state index in [1.54, 1.807) is 0 Å². The molecule has 2 atom stereocenters. The molecule has 1 aliphatic carbocycles. The van der Waals surface area contributed by atoms with Crippen LogP contribution >= 0.6 is 27.5 Å². The van der Waals surface area contributed by atoms with Crippen molar-refractivity contribution in [1.29, 1.82) is 0 Å². The molecule has 0 aromatic heterocycles. The minimum absolute atomic E-state index is 0.162. The van der Waals surface area contributed by atoms with Crippen LogP contribution in [0.5, 0.6) is 0 Å². The van der Waals surface area contributed by atoms with E-state index in [2.05, 4.69) is 22.9 Å². The fraction of sp³-hybridized carbons (Fsp3) is 0.533. The molecule has 2 unspecified atom stereocenters. The van der Waals surface area contributed by atoms with Gasteiger partial charge in [-0.1, -0.05) is 43.9 Å². The van der Waals surface area contributed by atoms with Crippen LogP contribution in [-0.4, -0.2) is 5.78 Å². The Morgan fingerprint density at radius 2 is 2.22 bits per heavy atom. The number of hydrogen-bond acceptors (Lipinski definition) is 1. The molecule has 0 saturated heterocycles. The average Bonchev–Trinajstić information content (AvgIpc) is 2.41. The number of rotatable bonds is 3. The van der Waals surface area contributed by atoms with Gasteiger partial charge in [0.15, 0.2) is 5.78 Å². The molecule has 0 spiro atoms. The normalized spacial score (nSPS) is 23.9. The van der Waals surface area contributed by atoms with Crippen molar-refractivity contribution < 1.29 is 4.79 Å². The average molecular weight is 330 g/mol. The summed E-state index contributed by atoms with van der Waals surface area (Å²) in [5.41, 5.74) is 0.674. The first-order valence-corrected chi connectivity index (χ1v) is 7.78. The molecule has 2 rings (SSSR count). The van der Waals surface area contributed by atoms with E-state index in [0.29, 0.717) is 16.5 Å². The molecule has 1 aromatic carbocycles. The molecule has 0 radical (unpaired) electrons. The van der Waals surface area contributed by atoms with E-state index in [1.807, 2.05) is 18.2 Å². The van der Waals surface area contributed by atoms with Crippen LogP contribution in [0.25, 0.3) is 0 Å². The smallest absolute Gasteiger partial charge is 0.167 e. The van der Waals surface area contributed by atoms with Gasteiger partial charge in [-0.3, -0.25) is 4.79 Å². The summed E-state index contributed by atoms with van der Waals surface area (Å²) in [5, 5.41) is 0.557. The predicted molar refractivity (Wildman–Crippen MR) is 79.2 cm³/mol. The Hall–Kier alpha value is -0.340. The highest BCUT2D eigenvalue weighted by Gasteiger charge is 2.28. The van der Waals surface area contributed by atoms with Crippen molar-refractivity contribution in [3.63, 3.8) is 0 Å². The minimum atomic E-state index is 0.162. The Morgan fingerprint density at radius 1 is 1.44 bits per heavy atom. The van der Waals surface area contributed by atoms with E-state index in [1.165, 1.54) is 19.3 Å². The minimum Gasteiger partial charge on any atom is -0.294 e. The second-order valence-electron chi connectivity index (χ2n) is 5.10. The van der Waals surface area contributed by atoms with Gasteiger partial charge in [-0.05, 0) is 46.8 Å². The molecule has 0 bridgehead atoms. The zero-order valence-electron chi connectivity index (χ0n) is 10.6. The van der Waals surface area contributed by atoms with E-state index in [4.69, 9.17) is 11.6 Å². The van der Waals surface area contributed by atoms with Gasteiger partial charge in [-0.2, -0.15) is 0 Å². The number of carbonyl (C=O) groups excluding carboxylic acids is 1. The van der Waals surface area contributed by atoms with Crippen molar-refractivity contribution in [1.82, 2.24) is 0 Å². The number of hydrogen-bond donors (Lipinski definition) is 0. The van der Waals surface area contributed by atoms with Crippen molar-refractivity contribution >= 4 is 33.3 Å². The summed E-state index contributed by atoms with van der Waals surface area (Å²) in [7, 11) is 0. The second-order valence-corrected chi connectivity index (χ2v) is 6.34. The van der Waals surface area contributed by atoms with Crippen molar-refractivity contribution in [2.24, 2.45) is 11.8 Å². The lowest BCUT2D eigenvalue weighted by Crippen LogP contribution is -2.23. The van der Waals surface area contributed by atoms with E-state index < -0.39 is 0 Å². The number of ketones is 1. The summed E-state index contributed by atoms with van der Waals surface area (Å²) in [6.07, 6.45) is 5.65. The summed E-state index contributed by atoms with van der Waals surface area (Å²) < 4.78 is 0.804. The lowest BCUT2D eigenvalue weighted by atomic mass is 9.77. The zero-order chi connectivity index (χ0) is 13.1. The van der Waals surface area contributed by atoms with Crippen LogP contribution in [-0.2, 0) is 0 Å². The van der Waals surface area contributed by atoms with E-state index >= 15 is 0 Å². The molecule has 1 aromatic rings. The summed E-state index contributed by atoms with van der Waals surface area (Å²) in [6.45, 7) is 2.21. The summed E-state index contributed by atoms with van der Waals surface area (Å²) in [6, 6.07) is 5.59. The molecule has 18 heavy (non-hydrogen) atoms. The molecule has 98 valence electrons. The van der Waals surface area contributed by atoms with Gasteiger partial charge >= 0.3 is 0 Å². The van der Waals surface area contributed by atoms with Gasteiger partial charge in [0.25, 0.3) is 0 Å². The molecule has 1 nitrogen and oxygen atoms in total. The number of benzene rings is 1. The third kappa shape index (κ3) is 2.97. The lowest BCUT2D eigenvalue weighted by molar-refractivity contribution is 0.0862. The van der Waals surface area contributed by atoms with Crippen molar-refractivity contribution in [3.8, 4) is 0 Å². The van der Waals surface area contributed by atoms with Gasteiger partial charge in [-0.15, -0.1) is 0 Å². The van der Waals surface area contributed by atoms with Crippen LogP contribution in [0.4, 0.5) is 0 Å². The third-order valence-electron chi connectivity index (χ3n) is 3.95. The monoisotopic (exact) mass is 328 g/mol. The number of carbonyl (C=O) groups is 1. The molecule has 1 saturated carbocycles. The van der Waals surface area contributed by atoms with Crippen LogP contribution in [0.2, 0.25) is 5.02 Å². The van der Waals surface area contributed by atoms with Gasteiger partial charge in [0.05, 0.1) is 5.02 Å². The molecule has 3 heteroatoms. The van der Waals surface area contributed by atoms with Crippen molar-refractivity contribution in [2.75, 3.05) is 0 Å². The summed E-state index contributed by atoms with van der Waals surface area (Å²) in [5.74, 6) is 1.09. The maximum atomic E-state index is 12.5. The molecule has 0 heterocycles. The molecular weight excluding hydrogens is 312 g/mol. The van der Waals surface area contributed by atoms with Crippen LogP contribution in [0.15, 0.2) is 22.7 Å². The maximum Gasteiger partial charge on any atom is 0.167 e. The molecule has 0 amide bonds. The fourth-order valence-corrected chi connectivity index (χ4v) is 3.40. The van der Waals surface area contributed by atoms with Crippen LogP contribution in [0.1, 0.15) is 49.4 Å². The SMILES string of the molecule is CCC1CCCC(C(=O)c2cccc(Br)c2Cl)C1. The van der Waals surface area contributed by atoms with Gasteiger partial charge < -0.3 is 0 Å². The first kappa shape index (κ1) is 14.1. The first-order valence-electron chi connectivity index (χ1n) is 6.61. The topological polar surface area (TPSA) is 17.1 Å². The van der Waals surface area contributed by atoms with E-state index in [9.17, 15) is 4.79 Å². The molecular formula is C15H18BrClO. The molecule has 0 N–H and O–H groups in total. The highest BCUT2D eigenvalue weighted by atomic mass is 79.9. The van der Waals surface area contributed by atoms with Gasteiger partial charge in [0.2, 0.25) is 0 Å². The fourth-order valence-electron chi connectivity index (χ4n) is 2.81. The standard InChI is InChI=1S/C15H18BrClO/c1-2-10-5-3-6-11(9-10)15(18)12-7-4-8-13(16)14(12)17/h4,7-8,10-11H,2-3,5-6,9H2,1H3. The van der Waals surface area contributed by atoms with Gasteiger partial charge in [0, 0.05) is 16.0 Å². The Labute approximate surface area is 122 Å². The van der Waals surface area contributed by atoms with Crippen LogP contribution < -0.4 is 0 Å². The summed E-state index contributed by atoms with van der Waals surface area (Å²) in [4.78, 5) is 12.5. The first-order chi connectivity index (χ1) is 8.63. The van der Waals surface area contributed by atoms with E-state index in [-0.39, 0.29) is 11.7 Å². The zero-order valence-corrected chi connectivity index (χ0v) is 12.9. The van der Waals surface area contributed by atoms with Gasteiger partial charge in [-0.25, -0.2) is 0 Å². The molecule has 0 aliphatic heterocycles. The van der Waals surface area contributed by atoms with E-state index in [0.717, 1.165) is 17.3 Å². The third-order valence-corrected chi connectivity index (χ3v) is 5.24. The molecule has 1 fully saturated rings. The van der Waals surface area contributed by atoms with Crippen molar-refractivity contribution in [3.05, 3.63) is 33.3 Å². The second kappa shape index (κ2) is 6.21. The lowest BCUT2D eigenvalue weighted by Gasteiger charge is -2.27.